The number of carbonyl (C=O) groups is 1. The first-order chi connectivity index (χ1) is 8.73. The van der Waals surface area contributed by atoms with Gasteiger partial charge in [-0.25, -0.2) is 9.97 Å². The van der Waals surface area contributed by atoms with Gasteiger partial charge in [-0.2, -0.15) is 0 Å². The van der Waals surface area contributed by atoms with Crippen molar-refractivity contribution in [3.05, 3.63) is 24.3 Å². The highest BCUT2D eigenvalue weighted by Gasteiger charge is 2.33. The Hall–Kier alpha value is -1.49. The number of nitrogens with zero attached hydrogens (tertiary/aromatic N) is 2. The highest BCUT2D eigenvalue weighted by molar-refractivity contribution is 5.78. The van der Waals surface area contributed by atoms with Crippen molar-refractivity contribution in [2.75, 3.05) is 0 Å². The van der Waals surface area contributed by atoms with Crippen LogP contribution in [0, 0.1) is 5.41 Å². The normalized spacial score (nSPS) is 14.9. The molecule has 0 aliphatic carbocycles. The highest BCUT2D eigenvalue weighted by atomic mass is 16.4. The molecule has 0 spiro atoms. The van der Waals surface area contributed by atoms with E-state index >= 15 is 0 Å². The van der Waals surface area contributed by atoms with Gasteiger partial charge in [0, 0.05) is 24.5 Å². The average Bonchev–Trinajstić information content (AvgIpc) is 2.34. The first-order valence-corrected chi connectivity index (χ1v) is 6.45. The van der Waals surface area contributed by atoms with Crippen molar-refractivity contribution in [1.29, 1.82) is 0 Å². The number of aliphatic carboxylic acids is 1. The van der Waals surface area contributed by atoms with Crippen LogP contribution in [0.1, 0.15) is 46.1 Å². The monoisotopic (exact) mass is 265 g/mol. The maximum Gasteiger partial charge on any atom is 0.323 e. The van der Waals surface area contributed by atoms with Gasteiger partial charge in [0.2, 0.25) is 0 Å². The number of hydrogen-bond acceptors (Lipinski definition) is 4. The van der Waals surface area contributed by atoms with Gasteiger partial charge in [0.1, 0.15) is 11.9 Å². The predicted octanol–water partition coefficient (Wildman–Crippen LogP) is 2.24. The summed E-state index contributed by atoms with van der Waals surface area (Å²) < 4.78 is 0. The molecule has 2 N–H and O–H groups in total. The van der Waals surface area contributed by atoms with Crippen molar-refractivity contribution < 1.29 is 9.90 Å². The van der Waals surface area contributed by atoms with Crippen molar-refractivity contribution in [1.82, 2.24) is 15.3 Å². The summed E-state index contributed by atoms with van der Waals surface area (Å²) in [5, 5.41) is 12.5. The summed E-state index contributed by atoms with van der Waals surface area (Å²) >= 11 is 0. The second-order valence-electron chi connectivity index (χ2n) is 6.30. The predicted molar refractivity (Wildman–Crippen MR) is 73.6 cm³/mol. The van der Waals surface area contributed by atoms with E-state index in [-0.39, 0.29) is 5.41 Å². The van der Waals surface area contributed by atoms with Crippen LogP contribution in [0.3, 0.4) is 0 Å². The second-order valence-corrected chi connectivity index (χ2v) is 6.30. The van der Waals surface area contributed by atoms with Crippen LogP contribution in [0.2, 0.25) is 0 Å². The molecule has 0 saturated heterocycles. The lowest BCUT2D eigenvalue weighted by Crippen LogP contribution is -2.49. The van der Waals surface area contributed by atoms with E-state index < -0.39 is 11.5 Å². The summed E-state index contributed by atoms with van der Waals surface area (Å²) in [6.07, 6.45) is 6.26. The zero-order valence-corrected chi connectivity index (χ0v) is 12.1. The first-order valence-electron chi connectivity index (χ1n) is 6.45. The summed E-state index contributed by atoms with van der Waals surface area (Å²) in [4.78, 5) is 19.3. The summed E-state index contributed by atoms with van der Waals surface area (Å²) in [6, 6.07) is 0. The standard InChI is InChI=1S/C14H23N3O2/c1-13(2,3)5-6-14(4,12(18)19)17-9-11-7-15-10-16-8-11/h7-8,10,17H,5-6,9H2,1-4H3,(H,18,19). The molecule has 1 atom stereocenters. The van der Waals surface area contributed by atoms with Gasteiger partial charge in [-0.1, -0.05) is 20.8 Å². The number of hydrogen-bond donors (Lipinski definition) is 2. The topological polar surface area (TPSA) is 75.1 Å². The summed E-state index contributed by atoms with van der Waals surface area (Å²) in [5.74, 6) is -0.825. The lowest BCUT2D eigenvalue weighted by Gasteiger charge is -2.29. The molecule has 0 aliphatic rings. The third-order valence-electron chi connectivity index (χ3n) is 3.14. The SMILES string of the molecule is CC(C)(C)CCC(C)(NCc1cncnc1)C(=O)O. The molecule has 0 amide bonds. The second kappa shape index (κ2) is 6.10. The van der Waals surface area contributed by atoms with Crippen LogP contribution in [0.25, 0.3) is 0 Å². The Kier molecular flexibility index (Phi) is 5.00. The fraction of sp³-hybridized carbons (Fsp3) is 0.643. The number of carboxylic acid groups (broad SMARTS) is 1. The van der Waals surface area contributed by atoms with Gasteiger partial charge >= 0.3 is 5.97 Å². The van der Waals surface area contributed by atoms with E-state index in [2.05, 4.69) is 36.1 Å². The van der Waals surface area contributed by atoms with Crippen molar-refractivity contribution in [2.45, 2.75) is 52.6 Å². The molecular formula is C14H23N3O2. The molecule has 0 fully saturated rings. The minimum absolute atomic E-state index is 0.119. The molecule has 19 heavy (non-hydrogen) atoms. The van der Waals surface area contributed by atoms with E-state index in [0.29, 0.717) is 13.0 Å². The molecule has 1 aromatic heterocycles. The largest absolute Gasteiger partial charge is 0.480 e. The van der Waals surface area contributed by atoms with Gasteiger partial charge in [-0.15, -0.1) is 0 Å². The highest BCUT2D eigenvalue weighted by Crippen LogP contribution is 2.26. The molecule has 0 aromatic carbocycles. The van der Waals surface area contributed by atoms with E-state index in [0.717, 1.165) is 12.0 Å². The van der Waals surface area contributed by atoms with E-state index in [1.54, 1.807) is 19.3 Å². The Labute approximate surface area is 114 Å². The van der Waals surface area contributed by atoms with Crippen molar-refractivity contribution in [3.8, 4) is 0 Å². The van der Waals surface area contributed by atoms with Crippen LogP contribution >= 0.6 is 0 Å². The van der Waals surface area contributed by atoms with E-state index in [9.17, 15) is 9.90 Å². The van der Waals surface area contributed by atoms with Crippen LogP contribution in [0.5, 0.6) is 0 Å². The lowest BCUT2D eigenvalue weighted by atomic mass is 9.84. The van der Waals surface area contributed by atoms with Gasteiger partial charge in [0.15, 0.2) is 0 Å². The van der Waals surface area contributed by atoms with Crippen LogP contribution < -0.4 is 5.32 Å². The number of aromatic nitrogens is 2. The molecule has 5 heteroatoms. The number of carboxylic acids is 1. The fourth-order valence-electron chi connectivity index (χ4n) is 1.61. The molecule has 5 nitrogen and oxygen atoms in total. The zero-order chi connectivity index (χ0) is 14.5. The van der Waals surface area contributed by atoms with Gasteiger partial charge in [-0.05, 0) is 25.2 Å². The zero-order valence-electron chi connectivity index (χ0n) is 12.1. The van der Waals surface area contributed by atoms with Gasteiger partial charge in [-0.3, -0.25) is 10.1 Å². The molecule has 0 bridgehead atoms. The molecule has 1 unspecified atom stereocenters. The minimum Gasteiger partial charge on any atom is -0.480 e. The van der Waals surface area contributed by atoms with E-state index in [4.69, 9.17) is 0 Å². The number of rotatable bonds is 6. The Bertz CT molecular complexity index is 414. The van der Waals surface area contributed by atoms with Crippen LogP contribution in [-0.2, 0) is 11.3 Å². The molecule has 1 aromatic rings. The average molecular weight is 265 g/mol. The molecular weight excluding hydrogens is 242 g/mol. The van der Waals surface area contributed by atoms with Crippen LogP contribution in [-0.4, -0.2) is 26.6 Å². The molecule has 0 aliphatic heterocycles. The molecule has 1 rings (SSSR count). The molecule has 0 radical (unpaired) electrons. The Morgan fingerprint density at radius 3 is 2.26 bits per heavy atom. The third kappa shape index (κ3) is 5.34. The minimum atomic E-state index is -0.927. The molecule has 106 valence electrons. The summed E-state index contributed by atoms with van der Waals surface area (Å²) in [5.41, 5.74) is 0.0721. The van der Waals surface area contributed by atoms with Crippen molar-refractivity contribution in [3.63, 3.8) is 0 Å². The molecule has 0 saturated carbocycles. The van der Waals surface area contributed by atoms with Crippen molar-refractivity contribution >= 4 is 5.97 Å². The fourth-order valence-corrected chi connectivity index (χ4v) is 1.61. The Balaban J connectivity index is 2.64. The summed E-state index contributed by atoms with van der Waals surface area (Å²) in [6.45, 7) is 8.51. The maximum atomic E-state index is 11.5. The van der Waals surface area contributed by atoms with Gasteiger partial charge in [0.05, 0.1) is 0 Å². The summed E-state index contributed by atoms with van der Waals surface area (Å²) in [7, 11) is 0. The van der Waals surface area contributed by atoms with Gasteiger partial charge in [0.25, 0.3) is 0 Å². The van der Waals surface area contributed by atoms with Crippen LogP contribution in [0.4, 0.5) is 0 Å². The lowest BCUT2D eigenvalue weighted by molar-refractivity contribution is -0.144. The van der Waals surface area contributed by atoms with Gasteiger partial charge < -0.3 is 5.11 Å². The smallest absolute Gasteiger partial charge is 0.323 e. The Morgan fingerprint density at radius 2 is 1.79 bits per heavy atom. The van der Waals surface area contributed by atoms with E-state index in [1.807, 2.05) is 0 Å². The first kappa shape index (κ1) is 15.6. The number of nitrogens with one attached hydrogen (secondary N) is 1. The third-order valence-corrected chi connectivity index (χ3v) is 3.14. The van der Waals surface area contributed by atoms with Crippen LogP contribution in [0.15, 0.2) is 18.7 Å². The van der Waals surface area contributed by atoms with Crippen molar-refractivity contribution in [2.24, 2.45) is 5.41 Å². The Morgan fingerprint density at radius 1 is 1.21 bits per heavy atom. The quantitative estimate of drug-likeness (QED) is 0.825. The van der Waals surface area contributed by atoms with E-state index in [1.165, 1.54) is 6.33 Å². The maximum absolute atomic E-state index is 11.5. The molecule has 1 heterocycles.